The average Bonchev–Trinajstić information content (AvgIpc) is 2.65. The van der Waals surface area contributed by atoms with Crippen molar-refractivity contribution in [1.82, 2.24) is 0 Å². The second kappa shape index (κ2) is 9.14. The number of benzene rings is 2. The summed E-state index contributed by atoms with van der Waals surface area (Å²) in [4.78, 5) is 22.6. The number of allylic oxidation sites excluding steroid dienone is 1. The molecule has 0 aromatic heterocycles. The smallest absolute Gasteiger partial charge is 0.411 e. The number of nitro groups is 1. The van der Waals surface area contributed by atoms with E-state index in [0.717, 1.165) is 6.08 Å². The van der Waals surface area contributed by atoms with Crippen molar-refractivity contribution in [2.75, 3.05) is 13.7 Å². The Morgan fingerprint density at radius 2 is 1.93 bits per heavy atom. The quantitative estimate of drug-likeness (QED) is 0.283. The number of para-hydroxylation sites is 1. The number of rotatable bonds is 8. The van der Waals surface area contributed by atoms with E-state index in [2.05, 4.69) is 4.74 Å². The van der Waals surface area contributed by atoms with Crippen LogP contribution >= 0.6 is 0 Å². The van der Waals surface area contributed by atoms with Gasteiger partial charge in [0.2, 0.25) is 0 Å². The molecule has 2 rings (SSSR count). The second-order valence-corrected chi connectivity index (χ2v) is 5.65. The van der Waals surface area contributed by atoms with Crippen LogP contribution in [0.25, 0.3) is 6.08 Å². The van der Waals surface area contributed by atoms with Crippen LogP contribution < -0.4 is 4.74 Å². The van der Waals surface area contributed by atoms with Crippen LogP contribution in [0, 0.1) is 10.1 Å². The van der Waals surface area contributed by atoms with Gasteiger partial charge in [-0.3, -0.25) is 14.9 Å². The minimum Gasteiger partial charge on any atom is -0.496 e. The number of ketones is 1. The molecule has 0 saturated carbocycles. The number of nitrogens with zero attached hydrogens (tertiary/aromatic N) is 1. The maximum Gasteiger partial charge on any atom is 0.411 e. The summed E-state index contributed by atoms with van der Waals surface area (Å²) in [6, 6.07) is 10.2. The fourth-order valence-electron chi connectivity index (χ4n) is 2.39. The first-order valence-electron chi connectivity index (χ1n) is 7.98. The summed E-state index contributed by atoms with van der Waals surface area (Å²) in [5.74, 6) is -0.234. The molecular weight excluding hydrogens is 379 g/mol. The fourth-order valence-corrected chi connectivity index (χ4v) is 2.39. The molecule has 0 unspecified atom stereocenters. The minimum atomic E-state index is -4.44. The van der Waals surface area contributed by atoms with Gasteiger partial charge in [0.05, 0.1) is 24.2 Å². The molecule has 0 aliphatic heterocycles. The van der Waals surface area contributed by atoms with Gasteiger partial charge >= 0.3 is 6.18 Å². The van der Waals surface area contributed by atoms with Crippen LogP contribution in [0.3, 0.4) is 0 Å². The van der Waals surface area contributed by atoms with Crippen molar-refractivity contribution in [3.8, 4) is 5.75 Å². The second-order valence-electron chi connectivity index (χ2n) is 5.65. The van der Waals surface area contributed by atoms with Gasteiger partial charge in [-0.15, -0.1) is 0 Å². The van der Waals surface area contributed by atoms with E-state index in [0.29, 0.717) is 16.9 Å². The van der Waals surface area contributed by atoms with E-state index < -0.39 is 23.5 Å². The number of hydrogen-bond acceptors (Lipinski definition) is 5. The highest BCUT2D eigenvalue weighted by Crippen LogP contribution is 2.24. The summed E-state index contributed by atoms with van der Waals surface area (Å²) in [5, 5.41) is 11.0. The van der Waals surface area contributed by atoms with Gasteiger partial charge in [-0.2, -0.15) is 13.2 Å². The van der Waals surface area contributed by atoms with E-state index >= 15 is 0 Å². The Hall–Kier alpha value is -3.20. The number of hydrogen-bond donors (Lipinski definition) is 0. The lowest BCUT2D eigenvalue weighted by molar-refractivity contribution is -0.385. The first-order valence-corrected chi connectivity index (χ1v) is 7.98. The molecule has 0 fully saturated rings. The molecule has 0 amide bonds. The van der Waals surface area contributed by atoms with E-state index in [1.165, 1.54) is 49.6 Å². The molecule has 0 aliphatic rings. The third-order valence-electron chi connectivity index (χ3n) is 3.62. The molecule has 0 heterocycles. The van der Waals surface area contributed by atoms with Gasteiger partial charge in [0.25, 0.3) is 5.69 Å². The normalized spacial score (nSPS) is 11.6. The number of halogens is 3. The summed E-state index contributed by atoms with van der Waals surface area (Å²) in [6.45, 7) is -1.73. The zero-order valence-electron chi connectivity index (χ0n) is 14.7. The first kappa shape index (κ1) is 21.1. The van der Waals surface area contributed by atoms with Crippen molar-refractivity contribution in [2.45, 2.75) is 12.8 Å². The molecule has 0 aliphatic carbocycles. The molecule has 148 valence electrons. The number of carbonyl (C=O) groups excluding carboxylic acids is 1. The molecule has 0 N–H and O–H groups in total. The van der Waals surface area contributed by atoms with Crippen LogP contribution in [0.2, 0.25) is 0 Å². The molecule has 2 aromatic rings. The molecule has 9 heteroatoms. The van der Waals surface area contributed by atoms with Crippen molar-refractivity contribution in [3.05, 3.63) is 75.3 Å². The molecule has 0 atom stereocenters. The third kappa shape index (κ3) is 5.92. The molecule has 0 spiro atoms. The van der Waals surface area contributed by atoms with Crippen molar-refractivity contribution in [2.24, 2.45) is 0 Å². The highest BCUT2D eigenvalue weighted by molar-refractivity contribution is 6.09. The lowest BCUT2D eigenvalue weighted by Crippen LogP contribution is -2.16. The van der Waals surface area contributed by atoms with Crippen LogP contribution in [0.1, 0.15) is 21.5 Å². The van der Waals surface area contributed by atoms with Crippen LogP contribution in [0.15, 0.2) is 48.5 Å². The predicted molar refractivity (Wildman–Crippen MR) is 95.2 cm³/mol. The van der Waals surface area contributed by atoms with E-state index in [-0.39, 0.29) is 17.9 Å². The number of nitro benzene ring substituents is 1. The Morgan fingerprint density at radius 3 is 2.57 bits per heavy atom. The zero-order chi connectivity index (χ0) is 20.7. The van der Waals surface area contributed by atoms with Crippen LogP contribution in [0.5, 0.6) is 5.75 Å². The molecule has 0 bridgehead atoms. The fraction of sp³-hybridized carbons (Fsp3) is 0.211. The molecule has 28 heavy (non-hydrogen) atoms. The van der Waals surface area contributed by atoms with E-state index in [4.69, 9.17) is 4.74 Å². The Bertz CT molecular complexity index is 893. The van der Waals surface area contributed by atoms with Gasteiger partial charge in [-0.05, 0) is 29.8 Å². The van der Waals surface area contributed by atoms with E-state index in [1.807, 2.05) is 0 Å². The molecular formula is C19H16F3NO5. The predicted octanol–water partition coefficient (Wildman–Crippen LogP) is 4.58. The highest BCUT2D eigenvalue weighted by atomic mass is 19.4. The van der Waals surface area contributed by atoms with Crippen molar-refractivity contribution in [1.29, 1.82) is 0 Å². The van der Waals surface area contributed by atoms with Gasteiger partial charge in [0.15, 0.2) is 5.78 Å². The van der Waals surface area contributed by atoms with Crippen molar-refractivity contribution in [3.63, 3.8) is 0 Å². The summed E-state index contributed by atoms with van der Waals surface area (Å²) in [5.41, 5.74) is 0.490. The maximum atomic E-state index is 12.3. The monoisotopic (exact) mass is 395 g/mol. The van der Waals surface area contributed by atoms with Crippen molar-refractivity contribution >= 4 is 17.5 Å². The molecule has 6 nitrogen and oxygen atoms in total. The third-order valence-corrected chi connectivity index (χ3v) is 3.62. The maximum absolute atomic E-state index is 12.3. The number of carbonyl (C=O) groups is 1. The van der Waals surface area contributed by atoms with Gasteiger partial charge in [0, 0.05) is 11.6 Å². The van der Waals surface area contributed by atoms with Crippen LogP contribution in [-0.2, 0) is 11.3 Å². The number of alkyl halides is 3. The van der Waals surface area contributed by atoms with Crippen LogP contribution in [0.4, 0.5) is 18.9 Å². The molecule has 2 aromatic carbocycles. The van der Waals surface area contributed by atoms with Crippen LogP contribution in [-0.4, -0.2) is 30.6 Å². The van der Waals surface area contributed by atoms with E-state index in [9.17, 15) is 28.1 Å². The Kier molecular flexibility index (Phi) is 6.89. The van der Waals surface area contributed by atoms with Gasteiger partial charge in [-0.1, -0.05) is 24.3 Å². The van der Waals surface area contributed by atoms with Gasteiger partial charge < -0.3 is 9.47 Å². The average molecular weight is 395 g/mol. The summed E-state index contributed by atoms with van der Waals surface area (Å²) >= 11 is 0. The first-order chi connectivity index (χ1) is 13.2. The lowest BCUT2D eigenvalue weighted by Gasteiger charge is -2.11. The van der Waals surface area contributed by atoms with Crippen molar-refractivity contribution < 1.29 is 32.4 Å². The summed E-state index contributed by atoms with van der Waals surface area (Å²) < 4.78 is 46.4. The SMILES string of the molecule is COc1ccc(/C=C/C(=O)c2ccccc2[N+](=O)[O-])cc1COCC(F)(F)F. The molecule has 0 radical (unpaired) electrons. The Balaban J connectivity index is 2.18. The Morgan fingerprint density at radius 1 is 1.21 bits per heavy atom. The summed E-state index contributed by atoms with van der Waals surface area (Å²) in [7, 11) is 1.37. The van der Waals surface area contributed by atoms with Gasteiger partial charge in [-0.25, -0.2) is 0 Å². The summed E-state index contributed by atoms with van der Waals surface area (Å²) in [6.07, 6.45) is -1.88. The molecule has 0 saturated heterocycles. The minimum absolute atomic E-state index is 0.0639. The standard InChI is InChI=1S/C19H16F3NO5/c1-27-18-9-7-13(10-14(18)11-28-12-19(20,21)22)6-8-17(24)15-4-2-3-5-16(15)23(25)26/h2-10H,11-12H2,1H3/b8-6+. The lowest BCUT2D eigenvalue weighted by atomic mass is 10.1. The van der Waals surface area contributed by atoms with E-state index in [1.54, 1.807) is 6.07 Å². The number of methoxy groups -OCH3 is 1. The zero-order valence-corrected chi connectivity index (χ0v) is 14.7. The Labute approximate surface area is 158 Å². The largest absolute Gasteiger partial charge is 0.496 e. The number of ether oxygens (including phenoxy) is 2. The highest BCUT2D eigenvalue weighted by Gasteiger charge is 2.27. The topological polar surface area (TPSA) is 78.7 Å². The van der Waals surface area contributed by atoms with Gasteiger partial charge in [0.1, 0.15) is 12.4 Å².